The van der Waals surface area contributed by atoms with Gasteiger partial charge in [0.25, 0.3) is 5.69 Å². The third kappa shape index (κ3) is 3.47. The first-order valence-electron chi connectivity index (χ1n) is 7.34. The lowest BCUT2D eigenvalue weighted by Gasteiger charge is -2.15. The minimum Gasteiger partial charge on any atom is -0.504 e. The van der Waals surface area contributed by atoms with Crippen LogP contribution < -0.4 is 0 Å². The van der Waals surface area contributed by atoms with Crippen molar-refractivity contribution in [3.63, 3.8) is 0 Å². The summed E-state index contributed by atoms with van der Waals surface area (Å²) in [6.45, 7) is 3.85. The largest absolute Gasteiger partial charge is 0.504 e. The first-order valence-corrected chi connectivity index (χ1v) is 7.34. The summed E-state index contributed by atoms with van der Waals surface area (Å²) >= 11 is 0. The molecular weight excluding hydrogens is 290 g/mol. The minimum atomic E-state index is -1.63. The lowest BCUT2D eigenvalue weighted by molar-refractivity contribution is -0.386. The molecule has 0 heterocycles. The average Bonchev–Trinajstić information content (AvgIpc) is 2.46. The summed E-state index contributed by atoms with van der Waals surface area (Å²) in [6, 6.07) is 0. The molecule has 7 nitrogen and oxygen atoms in total. The van der Waals surface area contributed by atoms with Crippen LogP contribution in [0.3, 0.4) is 0 Å². The predicted molar refractivity (Wildman–Crippen MR) is 80.6 cm³/mol. The van der Waals surface area contributed by atoms with Gasteiger partial charge >= 0.3 is 5.97 Å². The molecule has 0 aromatic heterocycles. The van der Waals surface area contributed by atoms with Gasteiger partial charge in [0.05, 0.1) is 4.92 Å². The Morgan fingerprint density at radius 3 is 1.95 bits per heavy atom. The molecule has 0 aliphatic carbocycles. The number of nitro groups is 1. The van der Waals surface area contributed by atoms with E-state index in [2.05, 4.69) is 0 Å². The van der Waals surface area contributed by atoms with Crippen LogP contribution in [0.4, 0.5) is 5.69 Å². The molecule has 7 heteroatoms. The highest BCUT2D eigenvalue weighted by molar-refractivity contribution is 5.98. The van der Waals surface area contributed by atoms with E-state index in [1.165, 1.54) is 0 Å². The van der Waals surface area contributed by atoms with Gasteiger partial charge < -0.3 is 15.3 Å². The third-order valence-corrected chi connectivity index (χ3v) is 3.59. The number of nitrogens with zero attached hydrogens (tertiary/aromatic N) is 1. The zero-order valence-electron chi connectivity index (χ0n) is 12.8. The molecule has 22 heavy (non-hydrogen) atoms. The van der Waals surface area contributed by atoms with Crippen molar-refractivity contribution >= 4 is 11.7 Å². The number of hydrogen-bond acceptors (Lipinski definition) is 5. The van der Waals surface area contributed by atoms with Crippen molar-refractivity contribution in [3.8, 4) is 11.5 Å². The van der Waals surface area contributed by atoms with Crippen molar-refractivity contribution in [2.75, 3.05) is 0 Å². The van der Waals surface area contributed by atoms with Crippen LogP contribution in [0.25, 0.3) is 0 Å². The maximum Gasteiger partial charge on any atom is 0.346 e. The van der Waals surface area contributed by atoms with Gasteiger partial charge in [-0.1, -0.05) is 26.7 Å². The molecule has 122 valence electrons. The Labute approximate surface area is 128 Å². The number of aromatic carboxylic acids is 1. The maximum absolute atomic E-state index is 11.3. The van der Waals surface area contributed by atoms with Gasteiger partial charge in [-0.3, -0.25) is 10.1 Å². The van der Waals surface area contributed by atoms with E-state index in [0.29, 0.717) is 25.7 Å². The van der Waals surface area contributed by atoms with Crippen LogP contribution in [0.2, 0.25) is 0 Å². The Morgan fingerprint density at radius 2 is 1.55 bits per heavy atom. The highest BCUT2D eigenvalue weighted by Crippen LogP contribution is 2.43. The quantitative estimate of drug-likeness (QED) is 0.384. The van der Waals surface area contributed by atoms with E-state index in [1.54, 1.807) is 0 Å². The molecule has 0 fully saturated rings. The number of nitro benzene ring substituents is 1. The number of phenolic OH excluding ortho intramolecular Hbond substituents is 1. The number of hydrogen-bond donors (Lipinski definition) is 3. The van der Waals surface area contributed by atoms with Crippen molar-refractivity contribution in [1.82, 2.24) is 0 Å². The molecule has 0 spiro atoms. The molecule has 1 rings (SSSR count). The molecular formula is C15H21NO6. The fourth-order valence-electron chi connectivity index (χ4n) is 2.46. The lowest BCUT2D eigenvalue weighted by Crippen LogP contribution is -2.10. The smallest absolute Gasteiger partial charge is 0.346 e. The second-order valence-corrected chi connectivity index (χ2v) is 5.15. The number of benzene rings is 1. The second kappa shape index (κ2) is 7.63. The second-order valence-electron chi connectivity index (χ2n) is 5.15. The van der Waals surface area contributed by atoms with Gasteiger partial charge in [-0.2, -0.15) is 0 Å². The summed E-state index contributed by atoms with van der Waals surface area (Å²) in [6.07, 6.45) is 3.53. The van der Waals surface area contributed by atoms with Crippen molar-refractivity contribution in [3.05, 3.63) is 26.8 Å². The van der Waals surface area contributed by atoms with Crippen LogP contribution in [0.5, 0.6) is 11.5 Å². The molecule has 0 atom stereocenters. The van der Waals surface area contributed by atoms with Gasteiger partial charge in [0.2, 0.25) is 0 Å². The molecule has 1 aromatic carbocycles. The molecule has 0 aliphatic heterocycles. The molecule has 0 bridgehead atoms. The molecule has 0 amide bonds. The topological polar surface area (TPSA) is 121 Å². The monoisotopic (exact) mass is 311 g/mol. The van der Waals surface area contributed by atoms with Crippen molar-refractivity contribution < 1.29 is 25.0 Å². The van der Waals surface area contributed by atoms with Gasteiger partial charge in [0.1, 0.15) is 0 Å². The number of rotatable bonds is 8. The molecule has 1 aromatic rings. The van der Waals surface area contributed by atoms with Gasteiger partial charge in [0, 0.05) is 11.1 Å². The maximum atomic E-state index is 11.3. The third-order valence-electron chi connectivity index (χ3n) is 3.59. The summed E-state index contributed by atoms with van der Waals surface area (Å²) in [4.78, 5) is 21.8. The number of carbonyl (C=O) groups is 1. The Balaban J connectivity index is 3.68. The van der Waals surface area contributed by atoms with E-state index >= 15 is 0 Å². The van der Waals surface area contributed by atoms with E-state index in [1.807, 2.05) is 13.8 Å². The van der Waals surface area contributed by atoms with Crippen LogP contribution in [0.15, 0.2) is 0 Å². The van der Waals surface area contributed by atoms with Crippen molar-refractivity contribution in [1.29, 1.82) is 0 Å². The first-order chi connectivity index (χ1) is 10.4. The lowest BCUT2D eigenvalue weighted by atomic mass is 9.91. The van der Waals surface area contributed by atoms with Crippen LogP contribution >= 0.6 is 0 Å². The zero-order valence-corrected chi connectivity index (χ0v) is 12.8. The Hall–Kier alpha value is -2.31. The zero-order chi connectivity index (χ0) is 16.9. The summed E-state index contributed by atoms with van der Waals surface area (Å²) in [5.41, 5.74) is -0.950. The number of phenols is 2. The number of carboxylic acid groups (broad SMARTS) is 1. The van der Waals surface area contributed by atoms with Crippen LogP contribution in [0.1, 0.15) is 61.0 Å². The first kappa shape index (κ1) is 17.7. The molecule has 0 aliphatic rings. The number of unbranched alkanes of at least 4 members (excludes halogenated alkanes) is 2. The van der Waals surface area contributed by atoms with Gasteiger partial charge in [-0.25, -0.2) is 4.79 Å². The summed E-state index contributed by atoms with van der Waals surface area (Å²) < 4.78 is 0. The molecule has 3 N–H and O–H groups in total. The summed E-state index contributed by atoms with van der Waals surface area (Å²) in [7, 11) is 0. The highest BCUT2D eigenvalue weighted by atomic mass is 16.6. The summed E-state index contributed by atoms with van der Waals surface area (Å²) in [5, 5.41) is 40.5. The van der Waals surface area contributed by atoms with Crippen LogP contribution in [-0.4, -0.2) is 26.2 Å². The van der Waals surface area contributed by atoms with E-state index in [9.17, 15) is 25.1 Å². The van der Waals surface area contributed by atoms with Crippen molar-refractivity contribution in [2.45, 2.75) is 52.4 Å². The number of aromatic hydroxyl groups is 2. The highest BCUT2D eigenvalue weighted by Gasteiger charge is 2.33. The average molecular weight is 311 g/mol. The van der Waals surface area contributed by atoms with Gasteiger partial charge in [-0.15, -0.1) is 0 Å². The standard InChI is InChI=1S/C15H21NO6/c1-3-5-7-9-10(8-6-4-2)13(17)14(18)11(15(19)20)12(9)16(21)22/h17-18H,3-8H2,1-2H3,(H,19,20). The normalized spacial score (nSPS) is 10.6. The van der Waals surface area contributed by atoms with E-state index in [4.69, 9.17) is 5.11 Å². The predicted octanol–water partition coefficient (Wildman–Crippen LogP) is 3.39. The molecule has 0 saturated carbocycles. The fourth-order valence-corrected chi connectivity index (χ4v) is 2.46. The van der Waals surface area contributed by atoms with Crippen LogP contribution in [0, 0.1) is 10.1 Å². The van der Waals surface area contributed by atoms with Gasteiger partial charge in [0.15, 0.2) is 17.1 Å². The fraction of sp³-hybridized carbons (Fsp3) is 0.533. The Bertz CT molecular complexity index is 582. The Morgan fingerprint density at radius 1 is 1.05 bits per heavy atom. The van der Waals surface area contributed by atoms with E-state index < -0.39 is 33.6 Å². The van der Waals surface area contributed by atoms with Crippen molar-refractivity contribution in [2.24, 2.45) is 0 Å². The Kier molecular flexibility index (Phi) is 6.15. The SMILES string of the molecule is CCCCc1c(O)c(O)c(C(=O)O)c([N+](=O)[O-])c1CCCC. The minimum absolute atomic E-state index is 0.216. The molecule has 0 saturated heterocycles. The van der Waals surface area contributed by atoms with Gasteiger partial charge in [-0.05, 0) is 25.7 Å². The molecule has 0 unspecified atom stereocenters. The number of carboxylic acids is 1. The summed E-state index contributed by atoms with van der Waals surface area (Å²) in [5.74, 6) is -3.10. The van der Waals surface area contributed by atoms with Crippen LogP contribution in [-0.2, 0) is 12.8 Å². The van der Waals surface area contributed by atoms with E-state index in [0.717, 1.165) is 12.8 Å². The molecule has 0 radical (unpaired) electrons. The van der Waals surface area contributed by atoms with E-state index in [-0.39, 0.29) is 11.1 Å².